The lowest BCUT2D eigenvalue weighted by Crippen LogP contribution is -2.43. The van der Waals surface area contributed by atoms with Gasteiger partial charge >= 0.3 is 11.8 Å². The van der Waals surface area contributed by atoms with Crippen molar-refractivity contribution in [2.75, 3.05) is 46.2 Å². The van der Waals surface area contributed by atoms with Crippen molar-refractivity contribution in [2.24, 2.45) is 0 Å². The van der Waals surface area contributed by atoms with Crippen LogP contribution in [0, 0.1) is 0 Å². The summed E-state index contributed by atoms with van der Waals surface area (Å²) in [6, 6.07) is 8.18. The molecule has 128 valence electrons. The Morgan fingerprint density at radius 2 is 1.57 bits per heavy atom. The maximum atomic E-state index is 11.8. The summed E-state index contributed by atoms with van der Waals surface area (Å²) in [6.45, 7) is 2.83. The first-order valence-electron chi connectivity index (χ1n) is 7.86. The number of carbonyl (C=O) groups excluding carboxylic acids is 2. The monoisotopic (exact) mass is 320 g/mol. The van der Waals surface area contributed by atoms with Crippen LogP contribution in [-0.4, -0.2) is 58.0 Å². The van der Waals surface area contributed by atoms with Crippen LogP contribution in [0.3, 0.4) is 0 Å². The van der Waals surface area contributed by atoms with Gasteiger partial charge in [0.1, 0.15) is 0 Å². The fourth-order valence-corrected chi connectivity index (χ4v) is 2.18. The highest BCUT2D eigenvalue weighted by molar-refractivity contribution is 6.35. The largest absolute Gasteiger partial charge is 0.378 e. The molecule has 1 rings (SSSR count). The summed E-state index contributed by atoms with van der Waals surface area (Å²) in [6.07, 6.45) is 0.803. The summed E-state index contributed by atoms with van der Waals surface area (Å²) in [4.78, 5) is 27.5. The molecule has 23 heavy (non-hydrogen) atoms. The van der Waals surface area contributed by atoms with Crippen molar-refractivity contribution in [2.45, 2.75) is 19.4 Å². The van der Waals surface area contributed by atoms with E-state index in [-0.39, 0.29) is 6.04 Å². The molecule has 0 aliphatic carbocycles. The van der Waals surface area contributed by atoms with Gasteiger partial charge in [-0.1, -0.05) is 19.1 Å². The second kappa shape index (κ2) is 9.15. The first-order valence-corrected chi connectivity index (χ1v) is 7.86. The number of likely N-dealkylation sites (N-methyl/N-ethyl adjacent to an activating group) is 1. The van der Waals surface area contributed by atoms with Crippen LogP contribution in [0.5, 0.6) is 0 Å². The van der Waals surface area contributed by atoms with E-state index in [0.29, 0.717) is 13.1 Å². The van der Waals surface area contributed by atoms with E-state index in [1.807, 2.05) is 69.2 Å². The Morgan fingerprint density at radius 1 is 1.00 bits per heavy atom. The van der Waals surface area contributed by atoms with Crippen molar-refractivity contribution in [3.05, 3.63) is 29.8 Å². The molecule has 0 fully saturated rings. The van der Waals surface area contributed by atoms with Gasteiger partial charge in [-0.3, -0.25) is 9.59 Å². The number of hydrogen-bond acceptors (Lipinski definition) is 4. The molecule has 0 aliphatic heterocycles. The van der Waals surface area contributed by atoms with E-state index < -0.39 is 11.8 Å². The topological polar surface area (TPSA) is 64.7 Å². The van der Waals surface area contributed by atoms with Gasteiger partial charge in [0.25, 0.3) is 0 Å². The van der Waals surface area contributed by atoms with Gasteiger partial charge in [-0.2, -0.15) is 0 Å². The van der Waals surface area contributed by atoms with E-state index in [1.165, 1.54) is 0 Å². The van der Waals surface area contributed by atoms with Gasteiger partial charge in [-0.15, -0.1) is 0 Å². The summed E-state index contributed by atoms with van der Waals surface area (Å²) < 4.78 is 0. The quantitative estimate of drug-likeness (QED) is 0.736. The molecule has 1 aromatic rings. The normalized spacial score (nSPS) is 11.9. The lowest BCUT2D eigenvalue weighted by molar-refractivity contribution is -0.139. The third-order valence-electron chi connectivity index (χ3n) is 3.62. The van der Waals surface area contributed by atoms with Gasteiger partial charge < -0.3 is 20.4 Å². The highest BCUT2D eigenvalue weighted by Crippen LogP contribution is 2.20. The fraction of sp³-hybridized carbons (Fsp3) is 0.529. The lowest BCUT2D eigenvalue weighted by Gasteiger charge is -2.25. The Kier molecular flexibility index (Phi) is 7.54. The first kappa shape index (κ1) is 19.0. The van der Waals surface area contributed by atoms with Gasteiger partial charge in [0.2, 0.25) is 0 Å². The SMILES string of the molecule is CCCNC(=O)C(=O)NCC(c1ccc(N(C)C)cc1)N(C)C. The van der Waals surface area contributed by atoms with Crippen LogP contribution in [0.2, 0.25) is 0 Å². The molecule has 0 aliphatic rings. The molecule has 0 heterocycles. The molecular weight excluding hydrogens is 292 g/mol. The number of amides is 2. The third-order valence-corrected chi connectivity index (χ3v) is 3.62. The summed E-state index contributed by atoms with van der Waals surface area (Å²) in [5.41, 5.74) is 2.21. The molecule has 0 saturated carbocycles. The number of hydrogen-bond donors (Lipinski definition) is 2. The summed E-state index contributed by atoms with van der Waals surface area (Å²) >= 11 is 0. The predicted octanol–water partition coefficient (Wildman–Crippen LogP) is 0.998. The maximum Gasteiger partial charge on any atom is 0.309 e. The molecule has 1 aromatic carbocycles. The first-order chi connectivity index (χ1) is 10.9. The van der Waals surface area contributed by atoms with Crippen LogP contribution in [0.15, 0.2) is 24.3 Å². The molecule has 0 radical (unpaired) electrons. The second-order valence-electron chi connectivity index (χ2n) is 5.93. The number of benzene rings is 1. The molecule has 2 amide bonds. The Balaban J connectivity index is 2.68. The van der Waals surface area contributed by atoms with Crippen LogP contribution in [0.25, 0.3) is 0 Å². The Hall–Kier alpha value is -2.08. The Labute approximate surface area is 138 Å². The van der Waals surface area contributed by atoms with Crippen LogP contribution in [0.1, 0.15) is 24.9 Å². The van der Waals surface area contributed by atoms with Crippen LogP contribution >= 0.6 is 0 Å². The number of rotatable bonds is 7. The molecule has 6 heteroatoms. The molecular formula is C17H28N4O2. The summed E-state index contributed by atoms with van der Waals surface area (Å²) in [7, 11) is 7.89. The van der Waals surface area contributed by atoms with Crippen molar-refractivity contribution in [3.8, 4) is 0 Å². The molecule has 2 N–H and O–H groups in total. The van der Waals surface area contributed by atoms with E-state index >= 15 is 0 Å². The van der Waals surface area contributed by atoms with Crippen molar-refractivity contribution in [1.82, 2.24) is 15.5 Å². The lowest BCUT2D eigenvalue weighted by atomic mass is 10.1. The van der Waals surface area contributed by atoms with E-state index in [1.54, 1.807) is 0 Å². The van der Waals surface area contributed by atoms with Gasteiger partial charge in [-0.05, 0) is 38.2 Å². The minimum atomic E-state index is -0.588. The minimum absolute atomic E-state index is 0.00846. The van der Waals surface area contributed by atoms with E-state index in [9.17, 15) is 9.59 Å². The summed E-state index contributed by atoms with van der Waals surface area (Å²) in [5.74, 6) is -1.16. The molecule has 0 aromatic heterocycles. The zero-order valence-corrected chi connectivity index (χ0v) is 14.7. The van der Waals surface area contributed by atoms with Crippen LogP contribution in [0.4, 0.5) is 5.69 Å². The molecule has 0 bridgehead atoms. The molecule has 1 atom stereocenters. The number of nitrogens with zero attached hydrogens (tertiary/aromatic N) is 2. The zero-order chi connectivity index (χ0) is 17.4. The van der Waals surface area contributed by atoms with Crippen LogP contribution in [-0.2, 0) is 9.59 Å². The Morgan fingerprint density at radius 3 is 2.04 bits per heavy atom. The highest BCUT2D eigenvalue weighted by Gasteiger charge is 2.18. The number of carbonyl (C=O) groups is 2. The average molecular weight is 320 g/mol. The van der Waals surface area contributed by atoms with E-state index in [4.69, 9.17) is 0 Å². The van der Waals surface area contributed by atoms with Crippen LogP contribution < -0.4 is 15.5 Å². The van der Waals surface area contributed by atoms with E-state index in [2.05, 4.69) is 10.6 Å². The summed E-state index contributed by atoms with van der Waals surface area (Å²) in [5, 5.41) is 5.28. The van der Waals surface area contributed by atoms with Gasteiger partial charge in [0, 0.05) is 32.9 Å². The highest BCUT2D eigenvalue weighted by atomic mass is 16.2. The van der Waals surface area contributed by atoms with Gasteiger partial charge in [0.15, 0.2) is 0 Å². The minimum Gasteiger partial charge on any atom is -0.378 e. The number of anilines is 1. The van der Waals surface area contributed by atoms with Gasteiger partial charge in [0.05, 0.1) is 6.04 Å². The average Bonchev–Trinajstić information content (AvgIpc) is 2.52. The second-order valence-corrected chi connectivity index (χ2v) is 5.93. The third kappa shape index (κ3) is 5.90. The molecule has 1 unspecified atom stereocenters. The maximum absolute atomic E-state index is 11.8. The van der Waals surface area contributed by atoms with Gasteiger partial charge in [-0.25, -0.2) is 0 Å². The standard InChI is InChI=1S/C17H28N4O2/c1-6-11-18-16(22)17(23)19-12-15(21(4)5)13-7-9-14(10-8-13)20(2)3/h7-10,15H,6,11-12H2,1-5H3,(H,18,22)(H,19,23). The molecule has 0 spiro atoms. The van der Waals surface area contributed by atoms with Crippen molar-refractivity contribution < 1.29 is 9.59 Å². The smallest absolute Gasteiger partial charge is 0.309 e. The zero-order valence-electron chi connectivity index (χ0n) is 14.7. The predicted molar refractivity (Wildman–Crippen MR) is 93.5 cm³/mol. The Bertz CT molecular complexity index is 512. The molecule has 0 saturated heterocycles. The fourth-order valence-electron chi connectivity index (χ4n) is 2.18. The van der Waals surface area contributed by atoms with Crippen molar-refractivity contribution in [3.63, 3.8) is 0 Å². The van der Waals surface area contributed by atoms with Crippen molar-refractivity contribution >= 4 is 17.5 Å². The molecule has 6 nitrogen and oxygen atoms in total. The van der Waals surface area contributed by atoms with E-state index in [0.717, 1.165) is 17.7 Å². The number of nitrogens with one attached hydrogen (secondary N) is 2. The van der Waals surface area contributed by atoms with Crippen molar-refractivity contribution in [1.29, 1.82) is 0 Å².